The average molecular weight is 208 g/mol. The van der Waals surface area contributed by atoms with Crippen molar-refractivity contribution in [1.29, 1.82) is 0 Å². The van der Waals surface area contributed by atoms with Gasteiger partial charge in [-0.05, 0) is 0 Å². The summed E-state index contributed by atoms with van der Waals surface area (Å²) in [4.78, 5) is 13.7. The summed E-state index contributed by atoms with van der Waals surface area (Å²) in [6.07, 6.45) is 6.25. The lowest BCUT2D eigenvalue weighted by Gasteiger charge is -2.11. The number of hydrogen-bond acceptors (Lipinski definition) is 6. The van der Waals surface area contributed by atoms with Crippen LogP contribution in [0.3, 0.4) is 0 Å². The van der Waals surface area contributed by atoms with Gasteiger partial charge in [0.2, 0.25) is 0 Å². The van der Waals surface area contributed by atoms with Crippen LogP contribution in [0.15, 0.2) is 33.3 Å². The smallest absolute Gasteiger partial charge is 0.292 e. The Bertz CT molecular complexity index is 317. The standard InChI is InChI=1S/C6H9N3O.C3H3NO/c1-3-9(5-7-1)6-8-2-4-10-6;1-2-5-3-4-1/h5H,1-4H2;1-3H. The average Bonchev–Trinajstić information content (AvgIpc) is 3.06. The summed E-state index contributed by atoms with van der Waals surface area (Å²) < 4.78 is 9.69. The summed E-state index contributed by atoms with van der Waals surface area (Å²) in [5.41, 5.74) is 0. The van der Waals surface area contributed by atoms with Crippen LogP contribution in [0.5, 0.6) is 0 Å². The summed E-state index contributed by atoms with van der Waals surface area (Å²) >= 11 is 0. The van der Waals surface area contributed by atoms with Gasteiger partial charge in [-0.2, -0.15) is 0 Å². The van der Waals surface area contributed by atoms with Crippen molar-refractivity contribution < 1.29 is 9.15 Å². The van der Waals surface area contributed by atoms with E-state index in [0.717, 1.165) is 32.3 Å². The van der Waals surface area contributed by atoms with Gasteiger partial charge in [-0.1, -0.05) is 0 Å². The molecule has 0 unspecified atom stereocenters. The van der Waals surface area contributed by atoms with E-state index in [4.69, 9.17) is 4.74 Å². The molecule has 0 saturated heterocycles. The molecule has 2 aliphatic heterocycles. The maximum absolute atomic E-state index is 5.22. The van der Waals surface area contributed by atoms with Crippen molar-refractivity contribution in [2.45, 2.75) is 0 Å². The summed E-state index contributed by atoms with van der Waals surface area (Å²) in [5.74, 6) is 0. The van der Waals surface area contributed by atoms with Gasteiger partial charge in [0, 0.05) is 6.54 Å². The first-order valence-electron chi connectivity index (χ1n) is 4.73. The third kappa shape index (κ3) is 2.80. The number of amidine groups is 1. The highest BCUT2D eigenvalue weighted by molar-refractivity contribution is 5.87. The van der Waals surface area contributed by atoms with Crippen LogP contribution in [0.25, 0.3) is 0 Å². The summed E-state index contributed by atoms with van der Waals surface area (Å²) in [6, 6.07) is 0.737. The van der Waals surface area contributed by atoms with E-state index >= 15 is 0 Å². The Labute approximate surface area is 87.3 Å². The van der Waals surface area contributed by atoms with E-state index in [2.05, 4.69) is 19.4 Å². The van der Waals surface area contributed by atoms with Gasteiger partial charge in [0.1, 0.15) is 12.9 Å². The topological polar surface area (TPSA) is 63.2 Å². The molecular weight excluding hydrogens is 196 g/mol. The van der Waals surface area contributed by atoms with Crippen LogP contribution in [-0.4, -0.2) is 48.5 Å². The first-order valence-corrected chi connectivity index (χ1v) is 4.73. The van der Waals surface area contributed by atoms with Crippen molar-refractivity contribution in [3.63, 3.8) is 0 Å². The third-order valence-electron chi connectivity index (χ3n) is 1.85. The van der Waals surface area contributed by atoms with Crippen LogP contribution in [0.4, 0.5) is 0 Å². The second-order valence-electron chi connectivity index (χ2n) is 2.90. The number of aliphatic imine (C=N–C) groups is 2. The number of oxazole rings is 1. The molecule has 0 atom stereocenters. The van der Waals surface area contributed by atoms with Crippen molar-refractivity contribution in [1.82, 2.24) is 9.88 Å². The zero-order valence-corrected chi connectivity index (χ0v) is 8.24. The molecule has 1 aromatic rings. The molecule has 0 aliphatic carbocycles. The van der Waals surface area contributed by atoms with Gasteiger partial charge in [0.15, 0.2) is 6.39 Å². The Morgan fingerprint density at radius 1 is 1.33 bits per heavy atom. The highest BCUT2D eigenvalue weighted by Crippen LogP contribution is 2.01. The molecular formula is C9H12N4O2. The highest BCUT2D eigenvalue weighted by atomic mass is 16.5. The first kappa shape index (κ1) is 9.70. The van der Waals surface area contributed by atoms with Crippen molar-refractivity contribution >= 4 is 12.4 Å². The van der Waals surface area contributed by atoms with Crippen LogP contribution < -0.4 is 0 Å². The molecule has 15 heavy (non-hydrogen) atoms. The minimum absolute atomic E-state index is 0.722. The van der Waals surface area contributed by atoms with Crippen LogP contribution in [0.1, 0.15) is 0 Å². The monoisotopic (exact) mass is 208 g/mol. The van der Waals surface area contributed by atoms with Crippen molar-refractivity contribution in [2.75, 3.05) is 26.2 Å². The van der Waals surface area contributed by atoms with E-state index in [1.807, 2.05) is 4.90 Å². The Morgan fingerprint density at radius 3 is 2.80 bits per heavy atom. The van der Waals surface area contributed by atoms with Gasteiger partial charge in [0.05, 0.1) is 25.6 Å². The Hall–Kier alpha value is -1.85. The Balaban J connectivity index is 0.000000144. The lowest BCUT2D eigenvalue weighted by molar-refractivity contribution is 0.308. The van der Waals surface area contributed by atoms with Gasteiger partial charge in [0.25, 0.3) is 6.02 Å². The molecule has 3 heterocycles. The summed E-state index contributed by atoms with van der Waals surface area (Å²) in [5, 5.41) is 0. The van der Waals surface area contributed by atoms with Gasteiger partial charge >= 0.3 is 0 Å². The number of nitrogens with zero attached hydrogens (tertiary/aromatic N) is 4. The van der Waals surface area contributed by atoms with E-state index in [1.54, 1.807) is 12.5 Å². The van der Waals surface area contributed by atoms with Gasteiger partial charge in [-0.15, -0.1) is 0 Å². The zero-order valence-electron chi connectivity index (χ0n) is 8.24. The van der Waals surface area contributed by atoms with E-state index < -0.39 is 0 Å². The largest absolute Gasteiger partial charge is 0.463 e. The Morgan fingerprint density at radius 2 is 2.33 bits per heavy atom. The highest BCUT2D eigenvalue weighted by Gasteiger charge is 2.16. The second-order valence-corrected chi connectivity index (χ2v) is 2.90. The fourth-order valence-corrected chi connectivity index (χ4v) is 1.20. The van der Waals surface area contributed by atoms with E-state index in [0.29, 0.717) is 0 Å². The quantitative estimate of drug-likeness (QED) is 0.618. The van der Waals surface area contributed by atoms with E-state index in [1.165, 1.54) is 12.7 Å². The predicted molar refractivity (Wildman–Crippen MR) is 54.8 cm³/mol. The second kappa shape index (κ2) is 5.14. The molecule has 80 valence electrons. The van der Waals surface area contributed by atoms with Gasteiger partial charge in [-0.25, -0.2) is 9.98 Å². The molecule has 0 bridgehead atoms. The fraction of sp³-hybridized carbons (Fsp3) is 0.444. The minimum atomic E-state index is 0.722. The van der Waals surface area contributed by atoms with Crippen LogP contribution in [0, 0.1) is 0 Å². The summed E-state index contributed by atoms with van der Waals surface area (Å²) in [7, 11) is 0. The van der Waals surface area contributed by atoms with Gasteiger partial charge in [-0.3, -0.25) is 9.89 Å². The van der Waals surface area contributed by atoms with E-state index in [9.17, 15) is 0 Å². The van der Waals surface area contributed by atoms with E-state index in [-0.39, 0.29) is 0 Å². The van der Waals surface area contributed by atoms with Crippen LogP contribution >= 0.6 is 0 Å². The maximum Gasteiger partial charge on any atom is 0.292 e. The molecule has 0 saturated carbocycles. The molecule has 6 heteroatoms. The fourth-order valence-electron chi connectivity index (χ4n) is 1.20. The zero-order chi connectivity index (χ0) is 10.3. The number of rotatable bonds is 0. The predicted octanol–water partition coefficient (Wildman–Crippen LogP) is 0.391. The van der Waals surface area contributed by atoms with Crippen molar-refractivity contribution in [3.8, 4) is 0 Å². The Kier molecular flexibility index (Phi) is 3.32. The summed E-state index contributed by atoms with van der Waals surface area (Å²) in [6.45, 7) is 3.29. The molecule has 6 nitrogen and oxygen atoms in total. The first-order chi connectivity index (χ1) is 7.47. The molecule has 3 rings (SSSR count). The lowest BCUT2D eigenvalue weighted by atomic mass is 10.6. The number of aromatic nitrogens is 1. The maximum atomic E-state index is 5.22. The van der Waals surface area contributed by atoms with Crippen LogP contribution in [-0.2, 0) is 4.74 Å². The van der Waals surface area contributed by atoms with Crippen molar-refractivity contribution in [3.05, 3.63) is 18.9 Å². The molecule has 2 aliphatic rings. The molecule has 0 radical (unpaired) electrons. The number of ether oxygens (including phenoxy) is 1. The molecule has 0 N–H and O–H groups in total. The molecule has 0 fully saturated rings. The minimum Gasteiger partial charge on any atom is -0.463 e. The molecule has 0 amide bonds. The third-order valence-corrected chi connectivity index (χ3v) is 1.85. The molecule has 0 aromatic carbocycles. The lowest BCUT2D eigenvalue weighted by Crippen LogP contribution is -2.27. The molecule has 0 spiro atoms. The number of hydrogen-bond donors (Lipinski definition) is 0. The van der Waals surface area contributed by atoms with Gasteiger partial charge < -0.3 is 9.15 Å². The SMILES string of the molecule is C1=NCCN1C1=NCCO1.c1cocn1. The normalized spacial score (nSPS) is 18.1. The molecule has 1 aromatic heterocycles. The van der Waals surface area contributed by atoms with Crippen molar-refractivity contribution in [2.24, 2.45) is 9.98 Å². The van der Waals surface area contributed by atoms with Crippen LogP contribution in [0.2, 0.25) is 0 Å².